The van der Waals surface area contributed by atoms with Crippen LogP contribution in [0.3, 0.4) is 0 Å². The fraction of sp³-hybridized carbons (Fsp3) is 0.400. The minimum atomic E-state index is -0.101. The molecule has 0 radical (unpaired) electrons. The van der Waals surface area contributed by atoms with Gasteiger partial charge in [-0.05, 0) is 56.5 Å². The average Bonchev–Trinajstić information content (AvgIpc) is 2.62. The average molecular weight is 342 g/mol. The molecule has 0 fully saturated rings. The first-order valence-corrected chi connectivity index (χ1v) is 8.71. The zero-order valence-electron chi connectivity index (χ0n) is 15.1. The molecule has 5 nitrogen and oxygen atoms in total. The number of pyridine rings is 1. The summed E-state index contributed by atoms with van der Waals surface area (Å²) in [5.41, 5.74) is 2.05. The molecule has 1 aromatic heterocycles. The topological polar surface area (TPSA) is 60.5 Å². The van der Waals surface area contributed by atoms with Crippen molar-refractivity contribution in [2.24, 2.45) is 0 Å². The summed E-state index contributed by atoms with van der Waals surface area (Å²) in [6.07, 6.45) is 4.64. The van der Waals surface area contributed by atoms with Crippen LogP contribution in [-0.4, -0.2) is 24.1 Å². The number of aryl methyl sites for hydroxylation is 1. The first-order valence-electron chi connectivity index (χ1n) is 8.71. The van der Waals surface area contributed by atoms with Crippen LogP contribution in [-0.2, 0) is 11.2 Å². The molecular formula is C20H26N2O3. The van der Waals surface area contributed by atoms with E-state index >= 15 is 0 Å². The molecule has 0 bridgehead atoms. The maximum Gasteiger partial charge on any atom is 0.220 e. The quantitative estimate of drug-likeness (QED) is 0.755. The number of nitrogens with one attached hydrogen (secondary N) is 1. The van der Waals surface area contributed by atoms with Gasteiger partial charge in [0, 0.05) is 18.8 Å². The second kappa shape index (κ2) is 9.67. The molecule has 2 rings (SSSR count). The maximum absolute atomic E-state index is 12.2. The van der Waals surface area contributed by atoms with Gasteiger partial charge in [0.2, 0.25) is 5.91 Å². The first kappa shape index (κ1) is 18.8. The minimum absolute atomic E-state index is 0.0168. The first-order chi connectivity index (χ1) is 12.1. The Morgan fingerprint density at radius 3 is 2.60 bits per heavy atom. The largest absolute Gasteiger partial charge is 0.490 e. The number of ether oxygens (including phenoxy) is 2. The summed E-state index contributed by atoms with van der Waals surface area (Å²) in [5, 5.41) is 3.03. The molecule has 1 amide bonds. The molecule has 1 N–H and O–H groups in total. The number of benzene rings is 1. The Balaban J connectivity index is 1.95. The molecule has 5 heteroatoms. The second-order valence-electron chi connectivity index (χ2n) is 5.72. The third kappa shape index (κ3) is 5.78. The van der Waals surface area contributed by atoms with Crippen molar-refractivity contribution in [1.82, 2.24) is 10.3 Å². The summed E-state index contributed by atoms with van der Waals surface area (Å²) in [6, 6.07) is 9.54. The van der Waals surface area contributed by atoms with Crippen molar-refractivity contribution in [3.8, 4) is 11.5 Å². The smallest absolute Gasteiger partial charge is 0.220 e. The predicted octanol–water partition coefficient (Wildman–Crippen LogP) is 3.69. The van der Waals surface area contributed by atoms with E-state index in [9.17, 15) is 4.79 Å². The highest BCUT2D eigenvalue weighted by Gasteiger charge is 2.13. The molecule has 0 saturated carbocycles. The van der Waals surface area contributed by atoms with E-state index in [-0.39, 0.29) is 11.9 Å². The van der Waals surface area contributed by atoms with Crippen molar-refractivity contribution in [2.45, 2.75) is 39.7 Å². The molecule has 1 unspecified atom stereocenters. The molecule has 0 aliphatic rings. The van der Waals surface area contributed by atoms with Gasteiger partial charge in [0.1, 0.15) is 0 Å². The van der Waals surface area contributed by atoms with Crippen LogP contribution in [0, 0.1) is 0 Å². The Morgan fingerprint density at radius 2 is 1.92 bits per heavy atom. The molecular weight excluding hydrogens is 316 g/mol. The molecule has 1 aromatic carbocycles. The van der Waals surface area contributed by atoms with Crippen molar-refractivity contribution in [3.63, 3.8) is 0 Å². The third-order valence-electron chi connectivity index (χ3n) is 3.81. The van der Waals surface area contributed by atoms with Gasteiger partial charge in [-0.2, -0.15) is 0 Å². The van der Waals surface area contributed by atoms with Gasteiger partial charge in [0.15, 0.2) is 11.5 Å². The summed E-state index contributed by atoms with van der Waals surface area (Å²) in [5.74, 6) is 1.45. The molecule has 1 atom stereocenters. The van der Waals surface area contributed by atoms with Crippen LogP contribution < -0.4 is 14.8 Å². The molecule has 1 heterocycles. The van der Waals surface area contributed by atoms with Gasteiger partial charge in [-0.15, -0.1) is 0 Å². The fourth-order valence-electron chi connectivity index (χ4n) is 2.54. The Labute approximate surface area is 149 Å². The molecule has 0 aliphatic heterocycles. The molecule has 0 saturated heterocycles. The number of amides is 1. The number of hydrogen-bond acceptors (Lipinski definition) is 4. The standard InChI is InChI=1S/C20H26N2O3/c1-4-24-18-10-9-17(13-19(18)25-5-2)15(3)22-20(23)11-8-16-7-6-12-21-14-16/h6-7,9-10,12-15H,4-5,8,11H2,1-3H3,(H,22,23). The van der Waals surface area contributed by atoms with Crippen LogP contribution in [0.1, 0.15) is 44.4 Å². The van der Waals surface area contributed by atoms with Crippen molar-refractivity contribution in [3.05, 3.63) is 53.9 Å². The van der Waals surface area contributed by atoms with E-state index in [4.69, 9.17) is 9.47 Å². The van der Waals surface area contributed by atoms with Crippen LogP contribution in [0.15, 0.2) is 42.7 Å². The van der Waals surface area contributed by atoms with Crippen LogP contribution in [0.5, 0.6) is 11.5 Å². The highest BCUT2D eigenvalue weighted by molar-refractivity contribution is 5.76. The van der Waals surface area contributed by atoms with Gasteiger partial charge in [-0.25, -0.2) is 0 Å². The predicted molar refractivity (Wildman–Crippen MR) is 97.9 cm³/mol. The Kier molecular flexibility index (Phi) is 7.26. The maximum atomic E-state index is 12.2. The Bertz CT molecular complexity index is 674. The number of hydrogen-bond donors (Lipinski definition) is 1. The highest BCUT2D eigenvalue weighted by Crippen LogP contribution is 2.30. The van der Waals surface area contributed by atoms with E-state index < -0.39 is 0 Å². The number of aromatic nitrogens is 1. The lowest BCUT2D eigenvalue weighted by atomic mass is 10.1. The number of carbonyl (C=O) groups excluding carboxylic acids is 1. The molecule has 0 spiro atoms. The number of carbonyl (C=O) groups is 1. The highest BCUT2D eigenvalue weighted by atomic mass is 16.5. The number of nitrogens with zero attached hydrogens (tertiary/aromatic N) is 1. The van der Waals surface area contributed by atoms with E-state index in [1.54, 1.807) is 12.4 Å². The molecule has 25 heavy (non-hydrogen) atoms. The normalized spacial score (nSPS) is 11.6. The van der Waals surface area contributed by atoms with Gasteiger partial charge in [0.05, 0.1) is 19.3 Å². The van der Waals surface area contributed by atoms with Crippen molar-refractivity contribution in [1.29, 1.82) is 0 Å². The summed E-state index contributed by atoms with van der Waals surface area (Å²) >= 11 is 0. The lowest BCUT2D eigenvalue weighted by Gasteiger charge is -2.17. The fourth-order valence-corrected chi connectivity index (χ4v) is 2.54. The zero-order valence-corrected chi connectivity index (χ0v) is 15.1. The second-order valence-corrected chi connectivity index (χ2v) is 5.72. The van der Waals surface area contributed by atoms with E-state index in [2.05, 4.69) is 10.3 Å². The summed E-state index contributed by atoms with van der Waals surface area (Å²) in [7, 11) is 0. The lowest BCUT2D eigenvalue weighted by molar-refractivity contribution is -0.121. The minimum Gasteiger partial charge on any atom is -0.490 e. The van der Waals surface area contributed by atoms with Crippen molar-refractivity contribution in [2.75, 3.05) is 13.2 Å². The Hall–Kier alpha value is -2.56. The van der Waals surface area contributed by atoms with Crippen LogP contribution in [0.25, 0.3) is 0 Å². The van der Waals surface area contributed by atoms with Crippen molar-refractivity contribution < 1.29 is 14.3 Å². The lowest BCUT2D eigenvalue weighted by Crippen LogP contribution is -2.26. The third-order valence-corrected chi connectivity index (χ3v) is 3.81. The van der Waals surface area contributed by atoms with Gasteiger partial charge in [-0.1, -0.05) is 12.1 Å². The van der Waals surface area contributed by atoms with E-state index in [1.807, 2.05) is 51.1 Å². The summed E-state index contributed by atoms with van der Waals surface area (Å²) in [6.45, 7) is 6.99. The van der Waals surface area contributed by atoms with Crippen LogP contribution in [0.2, 0.25) is 0 Å². The van der Waals surface area contributed by atoms with Gasteiger partial charge >= 0.3 is 0 Å². The summed E-state index contributed by atoms with van der Waals surface area (Å²) in [4.78, 5) is 16.3. The van der Waals surface area contributed by atoms with Gasteiger partial charge in [-0.3, -0.25) is 9.78 Å². The van der Waals surface area contributed by atoms with E-state index in [1.165, 1.54) is 0 Å². The van der Waals surface area contributed by atoms with E-state index in [0.717, 1.165) is 16.9 Å². The Morgan fingerprint density at radius 1 is 1.16 bits per heavy atom. The summed E-state index contributed by atoms with van der Waals surface area (Å²) < 4.78 is 11.2. The van der Waals surface area contributed by atoms with Gasteiger partial charge in [0.25, 0.3) is 0 Å². The van der Waals surface area contributed by atoms with Crippen LogP contribution in [0.4, 0.5) is 0 Å². The van der Waals surface area contributed by atoms with Crippen molar-refractivity contribution >= 4 is 5.91 Å². The van der Waals surface area contributed by atoms with E-state index in [0.29, 0.717) is 31.8 Å². The SMILES string of the molecule is CCOc1ccc(C(C)NC(=O)CCc2cccnc2)cc1OCC. The van der Waals surface area contributed by atoms with Gasteiger partial charge < -0.3 is 14.8 Å². The molecule has 0 aliphatic carbocycles. The monoisotopic (exact) mass is 342 g/mol. The zero-order chi connectivity index (χ0) is 18.1. The molecule has 2 aromatic rings. The van der Waals surface area contributed by atoms with Crippen LogP contribution >= 0.6 is 0 Å². The molecule has 134 valence electrons. The number of rotatable bonds is 9.